The van der Waals surface area contributed by atoms with Gasteiger partial charge in [0, 0.05) is 28.2 Å². The Bertz CT molecular complexity index is 1380. The van der Waals surface area contributed by atoms with Gasteiger partial charge in [-0.2, -0.15) is 0 Å². The number of carbonyl (C=O) groups is 2. The van der Waals surface area contributed by atoms with E-state index in [0.717, 1.165) is 11.1 Å². The summed E-state index contributed by atoms with van der Waals surface area (Å²) in [6.45, 7) is 0. The summed E-state index contributed by atoms with van der Waals surface area (Å²) in [7, 11) is 0. The first-order valence-electron chi connectivity index (χ1n) is 10.8. The van der Waals surface area contributed by atoms with Crippen molar-refractivity contribution in [2.75, 3.05) is 22.1 Å². The molecule has 0 aromatic heterocycles. The molecule has 0 fully saturated rings. The van der Waals surface area contributed by atoms with Gasteiger partial charge < -0.3 is 27.2 Å². The second-order valence-corrected chi connectivity index (χ2v) is 7.88. The van der Waals surface area contributed by atoms with Crippen LogP contribution < -0.4 is 22.1 Å². The van der Waals surface area contributed by atoms with Gasteiger partial charge in [-0.3, -0.25) is 9.59 Å². The molecule has 0 saturated carbocycles. The molecule has 0 bridgehead atoms. The van der Waals surface area contributed by atoms with E-state index in [1.807, 2.05) is 36.4 Å². The number of anilines is 4. The molecule has 7 nitrogen and oxygen atoms in total. The fourth-order valence-corrected chi connectivity index (χ4v) is 3.30. The predicted octanol–water partition coefficient (Wildman–Crippen LogP) is 5.23. The molecule has 0 aliphatic heterocycles. The van der Waals surface area contributed by atoms with Crippen LogP contribution in [0.5, 0.6) is 5.75 Å². The van der Waals surface area contributed by atoms with Crippen LogP contribution in [-0.4, -0.2) is 16.9 Å². The van der Waals surface area contributed by atoms with Gasteiger partial charge in [0.2, 0.25) is 0 Å². The van der Waals surface area contributed by atoms with E-state index in [2.05, 4.69) is 10.6 Å². The molecule has 0 radical (unpaired) electrons. The maximum Gasteiger partial charge on any atom is 0.255 e. The van der Waals surface area contributed by atoms with Crippen LogP contribution in [0.15, 0.2) is 91.0 Å². The first-order valence-corrected chi connectivity index (χ1v) is 10.8. The molecule has 0 unspecified atom stereocenters. The fourth-order valence-electron chi connectivity index (χ4n) is 3.30. The van der Waals surface area contributed by atoms with Crippen molar-refractivity contribution in [1.82, 2.24) is 0 Å². The van der Waals surface area contributed by atoms with Gasteiger partial charge in [0.25, 0.3) is 11.8 Å². The molecule has 4 aromatic carbocycles. The maximum absolute atomic E-state index is 12.5. The van der Waals surface area contributed by atoms with Crippen LogP contribution in [0.25, 0.3) is 12.2 Å². The molecule has 0 atom stereocenters. The molecular weight excluding hydrogens is 440 g/mol. The summed E-state index contributed by atoms with van der Waals surface area (Å²) < 4.78 is 0. The lowest BCUT2D eigenvalue weighted by molar-refractivity contribution is 0.101. The van der Waals surface area contributed by atoms with E-state index >= 15 is 0 Å². The van der Waals surface area contributed by atoms with Gasteiger partial charge in [-0.05, 0) is 77.9 Å². The number of amides is 2. The van der Waals surface area contributed by atoms with Gasteiger partial charge in [0.05, 0.1) is 5.69 Å². The number of nitrogen functional groups attached to an aromatic ring is 2. The van der Waals surface area contributed by atoms with Gasteiger partial charge >= 0.3 is 0 Å². The Kier molecular flexibility index (Phi) is 6.78. The van der Waals surface area contributed by atoms with Gasteiger partial charge in [-0.1, -0.05) is 36.4 Å². The molecule has 7 heteroatoms. The van der Waals surface area contributed by atoms with Gasteiger partial charge in [0.1, 0.15) is 5.75 Å². The molecule has 0 aliphatic carbocycles. The number of carbonyl (C=O) groups excluding carboxylic acids is 2. The number of nitrogens with one attached hydrogen (secondary N) is 2. The van der Waals surface area contributed by atoms with Gasteiger partial charge in [-0.15, -0.1) is 0 Å². The number of phenolic OH excluding ortho intramolecular Hbond substituents is 1. The van der Waals surface area contributed by atoms with Crippen molar-refractivity contribution in [1.29, 1.82) is 0 Å². The summed E-state index contributed by atoms with van der Waals surface area (Å²) in [6.07, 6.45) is 3.83. The summed E-state index contributed by atoms with van der Waals surface area (Å²) in [4.78, 5) is 24.9. The molecule has 4 aromatic rings. The number of rotatable bonds is 6. The van der Waals surface area contributed by atoms with Crippen molar-refractivity contribution < 1.29 is 14.7 Å². The highest BCUT2D eigenvalue weighted by Gasteiger charge is 2.09. The number of phenols is 1. The average molecular weight is 465 g/mol. The molecule has 2 amide bonds. The van der Waals surface area contributed by atoms with Crippen molar-refractivity contribution in [3.05, 3.63) is 113 Å². The molecule has 7 N–H and O–H groups in total. The molecule has 174 valence electrons. The van der Waals surface area contributed by atoms with Crippen molar-refractivity contribution in [2.45, 2.75) is 0 Å². The van der Waals surface area contributed by atoms with Crippen LogP contribution in [0.2, 0.25) is 0 Å². The third-order valence-electron chi connectivity index (χ3n) is 5.25. The Morgan fingerprint density at radius 3 is 1.66 bits per heavy atom. The Balaban J connectivity index is 1.36. The summed E-state index contributed by atoms with van der Waals surface area (Å²) in [5.74, 6) is -0.610. The summed E-state index contributed by atoms with van der Waals surface area (Å²) in [5, 5.41) is 15.4. The molecule has 4 rings (SSSR count). The minimum atomic E-state index is -0.353. The number of benzene rings is 4. The Morgan fingerprint density at radius 2 is 1.11 bits per heavy atom. The van der Waals surface area contributed by atoms with E-state index in [1.165, 1.54) is 12.1 Å². The lowest BCUT2D eigenvalue weighted by Gasteiger charge is -2.08. The standard InChI is InChI=1S/C28H24N4O3/c29-22-11-14-24(15-12-22)31-27(34)20-7-3-18(4-8-20)1-2-19-5-9-21(10-6-19)28(35)32-25-17-23(30)13-16-26(25)33/h1-17,33H,29-30H2,(H,31,34)(H,32,35). The number of aromatic hydroxyl groups is 1. The van der Waals surface area contributed by atoms with E-state index in [9.17, 15) is 14.7 Å². The van der Waals surface area contributed by atoms with Crippen molar-refractivity contribution in [3.8, 4) is 5.75 Å². The molecule has 35 heavy (non-hydrogen) atoms. The first-order chi connectivity index (χ1) is 16.9. The molecule has 0 saturated heterocycles. The van der Waals surface area contributed by atoms with Crippen LogP contribution in [0.4, 0.5) is 22.7 Å². The minimum Gasteiger partial charge on any atom is -0.506 e. The summed E-state index contributed by atoms with van der Waals surface area (Å²) >= 11 is 0. The first kappa shape index (κ1) is 23.1. The topological polar surface area (TPSA) is 130 Å². The number of hydrogen-bond acceptors (Lipinski definition) is 5. The van der Waals surface area contributed by atoms with E-state index in [0.29, 0.717) is 28.2 Å². The highest BCUT2D eigenvalue weighted by atomic mass is 16.3. The Hall–Kier alpha value is -5.04. The van der Waals surface area contributed by atoms with Crippen LogP contribution in [-0.2, 0) is 0 Å². The van der Waals surface area contributed by atoms with E-state index in [1.54, 1.807) is 54.6 Å². The minimum absolute atomic E-state index is 0.0548. The third-order valence-corrected chi connectivity index (χ3v) is 5.25. The van der Waals surface area contributed by atoms with Crippen molar-refractivity contribution in [3.63, 3.8) is 0 Å². The van der Waals surface area contributed by atoms with E-state index < -0.39 is 0 Å². The largest absolute Gasteiger partial charge is 0.506 e. The van der Waals surface area contributed by atoms with Crippen molar-refractivity contribution in [2.24, 2.45) is 0 Å². The van der Waals surface area contributed by atoms with Crippen LogP contribution in [0.3, 0.4) is 0 Å². The number of nitrogens with two attached hydrogens (primary N) is 2. The van der Waals surface area contributed by atoms with Crippen LogP contribution in [0, 0.1) is 0 Å². The highest BCUT2D eigenvalue weighted by Crippen LogP contribution is 2.26. The molecule has 0 spiro atoms. The van der Waals surface area contributed by atoms with Crippen LogP contribution >= 0.6 is 0 Å². The quantitative estimate of drug-likeness (QED) is 0.115. The normalized spacial score (nSPS) is 10.7. The molecule has 0 aliphatic rings. The fraction of sp³-hybridized carbons (Fsp3) is 0. The van der Waals surface area contributed by atoms with Gasteiger partial charge in [-0.25, -0.2) is 0 Å². The predicted molar refractivity (Wildman–Crippen MR) is 141 cm³/mol. The summed E-state index contributed by atoms with van der Waals surface area (Å²) in [5.41, 5.74) is 16.2. The second kappa shape index (κ2) is 10.3. The smallest absolute Gasteiger partial charge is 0.255 e. The zero-order valence-corrected chi connectivity index (χ0v) is 18.7. The van der Waals surface area contributed by atoms with Crippen molar-refractivity contribution >= 4 is 46.7 Å². The SMILES string of the molecule is Nc1ccc(NC(=O)c2ccc(C=Cc3ccc(C(=O)Nc4cc(N)ccc4O)cc3)cc2)cc1. The lowest BCUT2D eigenvalue weighted by Crippen LogP contribution is -2.12. The Labute approximate surface area is 202 Å². The van der Waals surface area contributed by atoms with E-state index in [4.69, 9.17) is 11.5 Å². The third kappa shape index (κ3) is 6.06. The maximum atomic E-state index is 12.5. The van der Waals surface area contributed by atoms with Crippen LogP contribution in [0.1, 0.15) is 31.8 Å². The molecular formula is C28H24N4O3. The lowest BCUT2D eigenvalue weighted by atomic mass is 10.1. The number of hydrogen-bond donors (Lipinski definition) is 5. The van der Waals surface area contributed by atoms with E-state index in [-0.39, 0.29) is 23.3 Å². The zero-order chi connectivity index (χ0) is 24.8. The zero-order valence-electron chi connectivity index (χ0n) is 18.7. The Morgan fingerprint density at radius 1 is 0.629 bits per heavy atom. The molecule has 0 heterocycles. The average Bonchev–Trinajstić information content (AvgIpc) is 2.87. The highest BCUT2D eigenvalue weighted by molar-refractivity contribution is 6.05. The second-order valence-electron chi connectivity index (χ2n) is 7.88. The summed E-state index contributed by atoms with van der Waals surface area (Å²) in [6, 6.07) is 25.7. The van der Waals surface area contributed by atoms with Gasteiger partial charge in [0.15, 0.2) is 0 Å². The monoisotopic (exact) mass is 464 g/mol.